The maximum absolute atomic E-state index is 11.5. The van der Waals surface area contributed by atoms with E-state index in [0.717, 1.165) is 12.8 Å². The summed E-state index contributed by atoms with van der Waals surface area (Å²) >= 11 is 5.40. The third-order valence-corrected chi connectivity index (χ3v) is 3.10. The number of allylic oxidation sites excluding steroid dienone is 1. The molecule has 96 valence electrons. The van der Waals surface area contributed by atoms with Gasteiger partial charge in [-0.25, -0.2) is 4.79 Å². The number of alkyl halides is 1. The van der Waals surface area contributed by atoms with Crippen LogP contribution in [0.2, 0.25) is 0 Å². The van der Waals surface area contributed by atoms with Gasteiger partial charge in [-0.1, -0.05) is 25.3 Å². The van der Waals surface area contributed by atoms with Gasteiger partial charge in [0.25, 0.3) is 0 Å². The van der Waals surface area contributed by atoms with E-state index in [9.17, 15) is 9.59 Å². The van der Waals surface area contributed by atoms with E-state index in [2.05, 4.69) is 10.1 Å². The van der Waals surface area contributed by atoms with Crippen molar-refractivity contribution >= 4 is 23.5 Å². The van der Waals surface area contributed by atoms with Gasteiger partial charge in [-0.15, -0.1) is 11.6 Å². The van der Waals surface area contributed by atoms with Crippen LogP contribution in [0.4, 0.5) is 0 Å². The summed E-state index contributed by atoms with van der Waals surface area (Å²) in [5.41, 5.74) is 0.213. The highest BCUT2D eigenvalue weighted by molar-refractivity contribution is 6.27. The van der Waals surface area contributed by atoms with Crippen LogP contribution < -0.4 is 5.32 Å². The second kappa shape index (κ2) is 7.33. The molecular weight excluding hydrogens is 242 g/mol. The smallest absolute Gasteiger partial charge is 0.354 e. The molecule has 1 N–H and O–H groups in total. The summed E-state index contributed by atoms with van der Waals surface area (Å²) in [7, 11) is 1.30. The van der Waals surface area contributed by atoms with Gasteiger partial charge in [-0.3, -0.25) is 4.79 Å². The zero-order valence-corrected chi connectivity index (χ0v) is 10.8. The van der Waals surface area contributed by atoms with Crippen molar-refractivity contribution in [1.82, 2.24) is 5.32 Å². The van der Waals surface area contributed by atoms with Crippen LogP contribution in [0.15, 0.2) is 11.8 Å². The fourth-order valence-corrected chi connectivity index (χ4v) is 2.06. The van der Waals surface area contributed by atoms with E-state index in [1.54, 1.807) is 6.08 Å². The standard InChI is InChI=1S/C12H18ClNO3/c1-17-12(16)10(14-11(15)8-13)7-9-5-3-2-4-6-9/h7,9H,2-6,8H2,1H3,(H,14,15)/b10-7-. The molecule has 1 rings (SSSR count). The Balaban J connectivity index is 2.69. The number of esters is 1. The Morgan fingerprint density at radius 3 is 2.53 bits per heavy atom. The summed E-state index contributed by atoms with van der Waals surface area (Å²) in [6.07, 6.45) is 7.48. The van der Waals surface area contributed by atoms with Crippen molar-refractivity contribution in [3.05, 3.63) is 11.8 Å². The highest BCUT2D eigenvalue weighted by Gasteiger charge is 2.17. The molecule has 0 atom stereocenters. The van der Waals surface area contributed by atoms with E-state index < -0.39 is 5.97 Å². The van der Waals surface area contributed by atoms with Gasteiger partial charge in [0.15, 0.2) is 0 Å². The lowest BCUT2D eigenvalue weighted by Crippen LogP contribution is -2.29. The van der Waals surface area contributed by atoms with Gasteiger partial charge in [0.1, 0.15) is 11.6 Å². The zero-order valence-electron chi connectivity index (χ0n) is 10.0. The fraction of sp³-hybridized carbons (Fsp3) is 0.667. The van der Waals surface area contributed by atoms with E-state index >= 15 is 0 Å². The number of halogens is 1. The molecule has 0 saturated heterocycles. The van der Waals surface area contributed by atoms with Gasteiger partial charge in [0.2, 0.25) is 5.91 Å². The molecule has 1 saturated carbocycles. The van der Waals surface area contributed by atoms with Crippen LogP contribution in [0, 0.1) is 5.92 Å². The molecule has 0 unspecified atom stereocenters. The first-order chi connectivity index (χ1) is 8.17. The largest absolute Gasteiger partial charge is 0.464 e. The SMILES string of the molecule is COC(=O)/C(=C/C1CCCCC1)NC(=O)CCl. The fourth-order valence-electron chi connectivity index (χ4n) is 1.99. The molecule has 0 aromatic heterocycles. The third-order valence-electron chi connectivity index (χ3n) is 2.85. The van der Waals surface area contributed by atoms with Crippen LogP contribution in [-0.4, -0.2) is 24.9 Å². The van der Waals surface area contributed by atoms with Gasteiger partial charge in [-0.05, 0) is 18.8 Å². The molecule has 0 aromatic carbocycles. The monoisotopic (exact) mass is 259 g/mol. The Hall–Kier alpha value is -1.03. The Morgan fingerprint density at radius 2 is 2.00 bits per heavy atom. The predicted molar refractivity (Wildman–Crippen MR) is 65.5 cm³/mol. The highest BCUT2D eigenvalue weighted by atomic mass is 35.5. The molecule has 17 heavy (non-hydrogen) atoms. The van der Waals surface area contributed by atoms with Crippen LogP contribution in [0.3, 0.4) is 0 Å². The molecule has 0 radical (unpaired) electrons. The molecule has 1 amide bonds. The van der Waals surface area contributed by atoms with Crippen LogP contribution in [0.25, 0.3) is 0 Å². The summed E-state index contributed by atoms with van der Waals surface area (Å²) in [6, 6.07) is 0. The molecule has 4 nitrogen and oxygen atoms in total. The minimum absolute atomic E-state index is 0.168. The first-order valence-electron chi connectivity index (χ1n) is 5.83. The predicted octanol–water partition coefficient (Wildman–Crippen LogP) is 1.98. The summed E-state index contributed by atoms with van der Waals surface area (Å²) in [6.45, 7) is 0. The van der Waals surface area contributed by atoms with Crippen LogP contribution in [0.5, 0.6) is 0 Å². The van der Waals surface area contributed by atoms with Crippen molar-refractivity contribution in [2.75, 3.05) is 13.0 Å². The maximum Gasteiger partial charge on any atom is 0.354 e. The average Bonchev–Trinajstić information content (AvgIpc) is 2.38. The average molecular weight is 260 g/mol. The van der Waals surface area contributed by atoms with E-state index in [1.807, 2.05) is 0 Å². The summed E-state index contributed by atoms with van der Waals surface area (Å²) < 4.78 is 4.63. The van der Waals surface area contributed by atoms with Crippen molar-refractivity contribution in [2.24, 2.45) is 5.92 Å². The van der Waals surface area contributed by atoms with Crippen molar-refractivity contribution in [1.29, 1.82) is 0 Å². The van der Waals surface area contributed by atoms with Gasteiger partial charge in [0.05, 0.1) is 7.11 Å². The van der Waals surface area contributed by atoms with Crippen molar-refractivity contribution in [3.8, 4) is 0 Å². The summed E-state index contributed by atoms with van der Waals surface area (Å²) in [4.78, 5) is 22.7. The summed E-state index contributed by atoms with van der Waals surface area (Å²) in [5, 5.41) is 2.48. The van der Waals surface area contributed by atoms with Crippen molar-refractivity contribution < 1.29 is 14.3 Å². The van der Waals surface area contributed by atoms with Crippen LogP contribution >= 0.6 is 11.6 Å². The first kappa shape index (κ1) is 14.0. The Morgan fingerprint density at radius 1 is 1.35 bits per heavy atom. The second-order valence-electron chi connectivity index (χ2n) is 4.15. The van der Waals surface area contributed by atoms with Gasteiger partial charge in [0, 0.05) is 0 Å². The first-order valence-corrected chi connectivity index (χ1v) is 6.36. The number of ether oxygens (including phenoxy) is 1. The minimum atomic E-state index is -0.519. The number of nitrogens with one attached hydrogen (secondary N) is 1. The lowest BCUT2D eigenvalue weighted by Gasteiger charge is -2.19. The number of carbonyl (C=O) groups excluding carboxylic acids is 2. The molecule has 0 bridgehead atoms. The van der Waals surface area contributed by atoms with E-state index in [0.29, 0.717) is 5.92 Å². The quantitative estimate of drug-likeness (QED) is 0.477. The Kier molecular flexibility index (Phi) is 6.05. The number of rotatable bonds is 4. The van der Waals surface area contributed by atoms with Crippen LogP contribution in [0.1, 0.15) is 32.1 Å². The number of carbonyl (C=O) groups is 2. The number of hydrogen-bond donors (Lipinski definition) is 1. The van der Waals surface area contributed by atoms with Crippen molar-refractivity contribution in [2.45, 2.75) is 32.1 Å². The number of methoxy groups -OCH3 is 1. The number of hydrogen-bond acceptors (Lipinski definition) is 3. The zero-order chi connectivity index (χ0) is 12.7. The molecule has 1 aliphatic carbocycles. The summed E-state index contributed by atoms with van der Waals surface area (Å²) in [5.74, 6) is -0.736. The maximum atomic E-state index is 11.5. The van der Waals surface area contributed by atoms with E-state index in [4.69, 9.17) is 11.6 Å². The van der Waals surface area contributed by atoms with Gasteiger partial charge >= 0.3 is 5.97 Å². The number of amides is 1. The van der Waals surface area contributed by atoms with Crippen LogP contribution in [-0.2, 0) is 14.3 Å². The highest BCUT2D eigenvalue weighted by Crippen LogP contribution is 2.25. The molecule has 0 aliphatic heterocycles. The third kappa shape index (κ3) is 4.77. The van der Waals surface area contributed by atoms with E-state index in [1.165, 1.54) is 26.4 Å². The van der Waals surface area contributed by atoms with Gasteiger partial charge < -0.3 is 10.1 Å². The minimum Gasteiger partial charge on any atom is -0.464 e. The Labute approximate surface area is 106 Å². The molecule has 1 aliphatic rings. The molecule has 5 heteroatoms. The molecule has 0 spiro atoms. The van der Waals surface area contributed by atoms with E-state index in [-0.39, 0.29) is 17.5 Å². The lowest BCUT2D eigenvalue weighted by atomic mass is 9.88. The Bertz CT molecular complexity index is 309. The molecule has 0 aromatic rings. The normalized spacial score (nSPS) is 17.6. The molecular formula is C12H18ClNO3. The van der Waals surface area contributed by atoms with Crippen molar-refractivity contribution in [3.63, 3.8) is 0 Å². The molecule has 0 heterocycles. The second-order valence-corrected chi connectivity index (χ2v) is 4.42. The molecule has 1 fully saturated rings. The lowest BCUT2D eigenvalue weighted by molar-refractivity contribution is -0.137. The van der Waals surface area contributed by atoms with Gasteiger partial charge in [-0.2, -0.15) is 0 Å². The topological polar surface area (TPSA) is 55.4 Å².